The molecule has 0 aromatic carbocycles. The number of carbonyl (C=O) groups excluding carboxylic acids is 1. The summed E-state index contributed by atoms with van der Waals surface area (Å²) in [6.45, 7) is 3.85. The maximum absolute atomic E-state index is 12.8. The SMILES string of the molecule is CC(C)c1nn(CC(=O)N[C@H]2C[C@H](O)C2)c(=O)c2cc3sc(Cl)cc3n12. The fourth-order valence-electron chi connectivity index (χ4n) is 3.31. The number of nitrogens with zero attached hydrogens (tertiary/aromatic N) is 3. The van der Waals surface area contributed by atoms with Crippen molar-refractivity contribution in [2.45, 2.75) is 51.3 Å². The second-order valence-corrected chi connectivity index (χ2v) is 8.75. The summed E-state index contributed by atoms with van der Waals surface area (Å²) in [5.74, 6) is 0.492. The van der Waals surface area contributed by atoms with E-state index in [-0.39, 0.29) is 36.1 Å². The first kappa shape index (κ1) is 17.5. The molecule has 1 saturated carbocycles. The van der Waals surface area contributed by atoms with E-state index < -0.39 is 0 Å². The number of aliphatic hydroxyl groups is 1. The largest absolute Gasteiger partial charge is 0.393 e. The van der Waals surface area contributed by atoms with Gasteiger partial charge in [0.1, 0.15) is 17.9 Å². The summed E-state index contributed by atoms with van der Waals surface area (Å²) in [5, 5.41) is 16.6. The summed E-state index contributed by atoms with van der Waals surface area (Å²) < 4.78 is 4.63. The van der Waals surface area contributed by atoms with E-state index in [2.05, 4.69) is 10.4 Å². The number of fused-ring (bicyclic) bond motifs is 3. The zero-order valence-electron chi connectivity index (χ0n) is 14.4. The molecule has 0 radical (unpaired) electrons. The number of amides is 1. The average Bonchev–Trinajstić information content (AvgIpc) is 3.04. The molecule has 0 spiro atoms. The highest BCUT2D eigenvalue weighted by atomic mass is 35.5. The Labute approximate surface area is 158 Å². The van der Waals surface area contributed by atoms with Crippen molar-refractivity contribution in [1.82, 2.24) is 19.5 Å². The van der Waals surface area contributed by atoms with Crippen LogP contribution in [-0.2, 0) is 11.3 Å². The van der Waals surface area contributed by atoms with Gasteiger partial charge in [-0.25, -0.2) is 4.68 Å². The number of hydrogen-bond donors (Lipinski definition) is 2. The second kappa shape index (κ2) is 6.37. The lowest BCUT2D eigenvalue weighted by atomic mass is 9.89. The summed E-state index contributed by atoms with van der Waals surface area (Å²) in [7, 11) is 0. The third kappa shape index (κ3) is 2.91. The molecule has 7 nitrogen and oxygen atoms in total. The van der Waals surface area contributed by atoms with Crippen LogP contribution >= 0.6 is 22.9 Å². The Bertz CT molecular complexity index is 1060. The number of nitrogens with one attached hydrogen (secondary N) is 1. The molecule has 2 N–H and O–H groups in total. The van der Waals surface area contributed by atoms with E-state index in [4.69, 9.17) is 11.6 Å². The number of carbonyl (C=O) groups is 1. The van der Waals surface area contributed by atoms with E-state index in [0.717, 1.165) is 10.2 Å². The molecule has 26 heavy (non-hydrogen) atoms. The first-order valence-corrected chi connectivity index (χ1v) is 9.72. The third-order valence-electron chi connectivity index (χ3n) is 4.65. The molecule has 0 aliphatic heterocycles. The summed E-state index contributed by atoms with van der Waals surface area (Å²) in [6, 6.07) is 3.61. The van der Waals surface area contributed by atoms with Gasteiger partial charge in [-0.15, -0.1) is 11.3 Å². The molecule has 0 saturated heterocycles. The minimum Gasteiger partial charge on any atom is -0.393 e. The normalized spacial score (nSPS) is 20.0. The van der Waals surface area contributed by atoms with Gasteiger partial charge in [0.25, 0.3) is 5.56 Å². The molecule has 0 unspecified atom stereocenters. The number of aromatic nitrogens is 3. The Hall–Kier alpha value is -1.90. The molecule has 0 atom stereocenters. The highest BCUT2D eigenvalue weighted by Crippen LogP contribution is 2.32. The molecule has 1 aliphatic rings. The van der Waals surface area contributed by atoms with Crippen molar-refractivity contribution in [3.05, 3.63) is 32.6 Å². The summed E-state index contributed by atoms with van der Waals surface area (Å²) in [4.78, 5) is 25.1. The van der Waals surface area contributed by atoms with Crippen LogP contribution in [0.4, 0.5) is 0 Å². The van der Waals surface area contributed by atoms with Crippen LogP contribution in [0.25, 0.3) is 15.7 Å². The van der Waals surface area contributed by atoms with Crippen molar-refractivity contribution in [1.29, 1.82) is 0 Å². The van der Waals surface area contributed by atoms with Crippen LogP contribution in [0.2, 0.25) is 4.34 Å². The minimum absolute atomic E-state index is 0.0257. The van der Waals surface area contributed by atoms with Gasteiger partial charge < -0.3 is 10.4 Å². The maximum Gasteiger partial charge on any atom is 0.291 e. The van der Waals surface area contributed by atoms with Crippen molar-refractivity contribution in [3.8, 4) is 0 Å². The molecule has 3 aromatic heterocycles. The highest BCUT2D eigenvalue weighted by Gasteiger charge is 2.28. The van der Waals surface area contributed by atoms with E-state index in [1.54, 1.807) is 6.07 Å². The van der Waals surface area contributed by atoms with Gasteiger partial charge >= 0.3 is 0 Å². The van der Waals surface area contributed by atoms with Crippen LogP contribution in [0, 0.1) is 0 Å². The van der Waals surface area contributed by atoms with E-state index in [0.29, 0.717) is 28.5 Å². The molecule has 138 valence electrons. The lowest BCUT2D eigenvalue weighted by Crippen LogP contribution is -2.48. The molecule has 1 amide bonds. The predicted molar refractivity (Wildman–Crippen MR) is 101 cm³/mol. The van der Waals surface area contributed by atoms with Crippen molar-refractivity contribution in [2.75, 3.05) is 0 Å². The molecular weight excluding hydrogens is 376 g/mol. The highest BCUT2D eigenvalue weighted by molar-refractivity contribution is 7.22. The summed E-state index contributed by atoms with van der Waals surface area (Å²) >= 11 is 7.52. The Morgan fingerprint density at radius 1 is 1.42 bits per heavy atom. The smallest absolute Gasteiger partial charge is 0.291 e. The summed E-state index contributed by atoms with van der Waals surface area (Å²) in [5.41, 5.74) is 1.05. The molecule has 3 heterocycles. The molecule has 1 fully saturated rings. The topological polar surface area (TPSA) is 88.6 Å². The van der Waals surface area contributed by atoms with Crippen LogP contribution in [0.15, 0.2) is 16.9 Å². The van der Waals surface area contributed by atoms with Gasteiger partial charge in [0.05, 0.1) is 20.7 Å². The fraction of sp³-hybridized carbons (Fsp3) is 0.471. The molecule has 4 rings (SSSR count). The predicted octanol–water partition coefficient (Wildman–Crippen LogP) is 2.13. The molecular formula is C17H19ClN4O3S. The first-order valence-electron chi connectivity index (χ1n) is 8.52. The number of rotatable bonds is 4. The van der Waals surface area contributed by atoms with Gasteiger partial charge in [0.15, 0.2) is 0 Å². The standard InChI is InChI=1S/C17H19ClN4O3S/c1-8(2)16-20-21(7-15(24)19-9-3-10(23)4-9)17(25)12-5-13-11(22(12)16)6-14(18)26-13/h5-6,8-10,23H,3-4,7H2,1-2H3,(H,19,24)/t9-,10-. The van der Waals surface area contributed by atoms with Gasteiger partial charge in [-0.2, -0.15) is 5.10 Å². The average molecular weight is 395 g/mol. The van der Waals surface area contributed by atoms with Gasteiger partial charge in [0, 0.05) is 12.0 Å². The number of halogens is 1. The van der Waals surface area contributed by atoms with Crippen LogP contribution < -0.4 is 10.9 Å². The number of aliphatic hydroxyl groups excluding tert-OH is 1. The van der Waals surface area contributed by atoms with E-state index >= 15 is 0 Å². The van der Waals surface area contributed by atoms with Gasteiger partial charge in [-0.3, -0.25) is 14.0 Å². The van der Waals surface area contributed by atoms with Crippen LogP contribution in [0.3, 0.4) is 0 Å². The van der Waals surface area contributed by atoms with Crippen LogP contribution in [0.1, 0.15) is 38.4 Å². The van der Waals surface area contributed by atoms with E-state index in [1.807, 2.05) is 24.3 Å². The molecule has 1 aliphatic carbocycles. The minimum atomic E-state index is -0.342. The first-order chi connectivity index (χ1) is 12.3. The molecule has 3 aromatic rings. The van der Waals surface area contributed by atoms with Gasteiger partial charge in [0.2, 0.25) is 5.91 Å². The molecule has 0 bridgehead atoms. The van der Waals surface area contributed by atoms with Gasteiger partial charge in [-0.05, 0) is 25.0 Å². The summed E-state index contributed by atoms with van der Waals surface area (Å²) in [6.07, 6.45) is 0.769. The van der Waals surface area contributed by atoms with Crippen molar-refractivity contribution < 1.29 is 9.90 Å². The zero-order valence-corrected chi connectivity index (χ0v) is 16.0. The quantitative estimate of drug-likeness (QED) is 0.709. The van der Waals surface area contributed by atoms with Crippen molar-refractivity contribution in [3.63, 3.8) is 0 Å². The van der Waals surface area contributed by atoms with Crippen LogP contribution in [0.5, 0.6) is 0 Å². The Morgan fingerprint density at radius 3 is 2.81 bits per heavy atom. The van der Waals surface area contributed by atoms with E-state index in [1.165, 1.54) is 16.0 Å². The lowest BCUT2D eigenvalue weighted by Gasteiger charge is -2.31. The fourth-order valence-corrected chi connectivity index (χ4v) is 4.47. The lowest BCUT2D eigenvalue weighted by molar-refractivity contribution is -0.124. The van der Waals surface area contributed by atoms with E-state index in [9.17, 15) is 14.7 Å². The monoisotopic (exact) mass is 394 g/mol. The van der Waals surface area contributed by atoms with Crippen molar-refractivity contribution >= 4 is 44.6 Å². The van der Waals surface area contributed by atoms with Crippen molar-refractivity contribution in [2.24, 2.45) is 0 Å². The Balaban J connectivity index is 1.74. The number of hydrogen-bond acceptors (Lipinski definition) is 5. The third-order valence-corrected chi connectivity index (χ3v) is 5.85. The zero-order chi connectivity index (χ0) is 18.6. The van der Waals surface area contributed by atoms with Gasteiger partial charge in [-0.1, -0.05) is 25.4 Å². The molecule has 9 heteroatoms. The Kier molecular flexibility index (Phi) is 4.29. The number of thiophene rings is 1. The Morgan fingerprint density at radius 2 is 2.15 bits per heavy atom. The second-order valence-electron chi connectivity index (χ2n) is 7.03. The maximum atomic E-state index is 12.8. The van der Waals surface area contributed by atoms with Crippen LogP contribution in [-0.4, -0.2) is 37.3 Å².